The average molecular weight is 387 g/mol. The van der Waals surface area contributed by atoms with Gasteiger partial charge in [-0.2, -0.15) is 13.2 Å². The molecule has 8 heteroatoms. The van der Waals surface area contributed by atoms with Gasteiger partial charge in [-0.1, -0.05) is 6.42 Å². The second kappa shape index (κ2) is 8.46. The molecule has 1 saturated heterocycles. The van der Waals surface area contributed by atoms with Crippen LogP contribution in [0.2, 0.25) is 0 Å². The number of rotatable bonds is 4. The van der Waals surface area contributed by atoms with Crippen LogP contribution < -0.4 is 10.2 Å². The van der Waals surface area contributed by atoms with E-state index in [-0.39, 0.29) is 31.1 Å². The molecule has 1 heterocycles. The highest BCUT2D eigenvalue weighted by atomic mass is 19.4. The van der Waals surface area contributed by atoms with E-state index < -0.39 is 18.1 Å². The third-order valence-electron chi connectivity index (χ3n) is 5.43. The van der Waals surface area contributed by atoms with Crippen molar-refractivity contribution >= 4 is 11.6 Å². The van der Waals surface area contributed by atoms with Gasteiger partial charge in [-0.05, 0) is 43.5 Å². The van der Waals surface area contributed by atoms with E-state index in [1.165, 1.54) is 12.1 Å². The molecular weight excluding hydrogens is 362 g/mol. The molecule has 1 saturated carbocycles. The molecule has 2 fully saturated rings. The zero-order valence-electron chi connectivity index (χ0n) is 15.1. The maximum absolute atomic E-state index is 13.0. The highest BCUT2D eigenvalue weighted by molar-refractivity contribution is 5.78. The van der Waals surface area contributed by atoms with Gasteiger partial charge in [0.2, 0.25) is 5.91 Å². The van der Waals surface area contributed by atoms with Crippen molar-refractivity contribution in [3.8, 4) is 0 Å². The Bertz CT molecular complexity index is 627. The minimum absolute atomic E-state index is 0.0203. The maximum Gasteiger partial charge on any atom is 0.391 e. The molecule has 3 rings (SSSR count). The second-order valence-electron chi connectivity index (χ2n) is 7.41. The Morgan fingerprint density at radius 3 is 2.37 bits per heavy atom. The molecule has 2 atom stereocenters. The molecule has 1 aliphatic heterocycles. The third-order valence-corrected chi connectivity index (χ3v) is 5.43. The molecule has 1 aromatic carbocycles. The minimum Gasteiger partial charge on any atom is -0.369 e. The van der Waals surface area contributed by atoms with Crippen LogP contribution in [0.1, 0.15) is 25.7 Å². The molecule has 27 heavy (non-hydrogen) atoms. The van der Waals surface area contributed by atoms with E-state index >= 15 is 0 Å². The predicted molar refractivity (Wildman–Crippen MR) is 95.0 cm³/mol. The molecular formula is C19H25F4N3O. The minimum atomic E-state index is -4.18. The normalized spacial score (nSPS) is 24.7. The zero-order chi connectivity index (χ0) is 19.4. The third kappa shape index (κ3) is 5.57. The molecule has 1 amide bonds. The predicted octanol–water partition coefficient (Wildman–Crippen LogP) is 3.19. The van der Waals surface area contributed by atoms with Gasteiger partial charge in [0.05, 0.1) is 12.5 Å². The molecule has 0 aromatic heterocycles. The van der Waals surface area contributed by atoms with Gasteiger partial charge in [-0.3, -0.25) is 9.69 Å². The van der Waals surface area contributed by atoms with Gasteiger partial charge in [-0.15, -0.1) is 0 Å². The van der Waals surface area contributed by atoms with Crippen LogP contribution in [-0.2, 0) is 4.79 Å². The Labute approximate surface area is 156 Å². The van der Waals surface area contributed by atoms with Crippen molar-refractivity contribution in [2.24, 2.45) is 5.92 Å². The Kier molecular flexibility index (Phi) is 6.24. The van der Waals surface area contributed by atoms with Crippen molar-refractivity contribution in [3.05, 3.63) is 30.1 Å². The number of piperazine rings is 1. The lowest BCUT2D eigenvalue weighted by Crippen LogP contribution is -2.51. The van der Waals surface area contributed by atoms with Crippen LogP contribution in [0.25, 0.3) is 0 Å². The van der Waals surface area contributed by atoms with Crippen LogP contribution in [0.4, 0.5) is 23.2 Å². The topological polar surface area (TPSA) is 35.6 Å². The van der Waals surface area contributed by atoms with E-state index in [0.29, 0.717) is 25.9 Å². The quantitative estimate of drug-likeness (QED) is 0.806. The molecule has 0 unspecified atom stereocenters. The molecule has 0 radical (unpaired) electrons. The van der Waals surface area contributed by atoms with Crippen molar-refractivity contribution < 1.29 is 22.4 Å². The number of carbonyl (C=O) groups is 1. The molecule has 150 valence electrons. The van der Waals surface area contributed by atoms with Crippen molar-refractivity contribution in [3.63, 3.8) is 0 Å². The number of nitrogens with zero attached hydrogens (tertiary/aromatic N) is 2. The van der Waals surface area contributed by atoms with E-state index in [0.717, 1.165) is 18.8 Å². The first-order valence-electron chi connectivity index (χ1n) is 9.40. The number of amides is 1. The number of hydrogen-bond acceptors (Lipinski definition) is 3. The van der Waals surface area contributed by atoms with Gasteiger partial charge in [0, 0.05) is 37.9 Å². The van der Waals surface area contributed by atoms with Crippen LogP contribution >= 0.6 is 0 Å². The average Bonchev–Trinajstić information content (AvgIpc) is 2.62. The fraction of sp³-hybridized carbons (Fsp3) is 0.632. The Hall–Kier alpha value is -1.83. The second-order valence-corrected chi connectivity index (χ2v) is 7.41. The molecule has 4 nitrogen and oxygen atoms in total. The Balaban J connectivity index is 1.42. The number of anilines is 1. The summed E-state index contributed by atoms with van der Waals surface area (Å²) < 4.78 is 51.6. The highest BCUT2D eigenvalue weighted by Crippen LogP contribution is 2.37. The maximum atomic E-state index is 13.0. The number of hydrogen-bond donors (Lipinski definition) is 1. The largest absolute Gasteiger partial charge is 0.391 e. The van der Waals surface area contributed by atoms with E-state index in [2.05, 4.69) is 10.2 Å². The standard InChI is InChI=1S/C19H25F4N3O/c20-15-4-6-17(7-5-15)26-10-8-25(9-11-26)13-18(27)24-16-3-1-2-14(12-16)19(21,22)23/h4-7,14,16H,1-3,8-13H2,(H,24,27)/t14-,16-/m0/s1. The van der Waals surface area contributed by atoms with E-state index in [9.17, 15) is 22.4 Å². The first-order valence-corrected chi connectivity index (χ1v) is 9.40. The van der Waals surface area contributed by atoms with Crippen LogP contribution in [0.5, 0.6) is 0 Å². The molecule has 0 spiro atoms. The SMILES string of the molecule is O=C(CN1CCN(c2ccc(F)cc2)CC1)N[C@H]1CCC[C@H](C(F)(F)F)C1. The van der Waals surface area contributed by atoms with Crippen LogP contribution in [0.15, 0.2) is 24.3 Å². The molecule has 1 aromatic rings. The van der Waals surface area contributed by atoms with E-state index in [1.54, 1.807) is 12.1 Å². The number of halogens is 4. The van der Waals surface area contributed by atoms with E-state index in [4.69, 9.17) is 0 Å². The summed E-state index contributed by atoms with van der Waals surface area (Å²) in [5, 5.41) is 2.78. The van der Waals surface area contributed by atoms with E-state index in [1.807, 2.05) is 4.90 Å². The van der Waals surface area contributed by atoms with Crippen LogP contribution in [-0.4, -0.2) is 55.7 Å². The van der Waals surface area contributed by atoms with Gasteiger partial charge in [-0.25, -0.2) is 4.39 Å². The highest BCUT2D eigenvalue weighted by Gasteiger charge is 2.42. The summed E-state index contributed by atoms with van der Waals surface area (Å²) in [4.78, 5) is 16.4. The fourth-order valence-electron chi connectivity index (χ4n) is 3.91. The Morgan fingerprint density at radius 2 is 1.74 bits per heavy atom. The monoisotopic (exact) mass is 387 g/mol. The fourth-order valence-corrected chi connectivity index (χ4v) is 3.91. The van der Waals surface area contributed by atoms with Crippen molar-refractivity contribution in [2.75, 3.05) is 37.6 Å². The summed E-state index contributed by atoms with van der Waals surface area (Å²) >= 11 is 0. The summed E-state index contributed by atoms with van der Waals surface area (Å²) in [6, 6.07) is 5.93. The summed E-state index contributed by atoms with van der Waals surface area (Å²) in [5.41, 5.74) is 0.945. The van der Waals surface area contributed by atoms with Crippen molar-refractivity contribution in [1.29, 1.82) is 0 Å². The number of benzene rings is 1. The lowest BCUT2D eigenvalue weighted by atomic mass is 9.85. The number of nitrogens with one attached hydrogen (secondary N) is 1. The number of carbonyl (C=O) groups excluding carboxylic acids is 1. The van der Waals surface area contributed by atoms with Crippen LogP contribution in [0, 0.1) is 11.7 Å². The zero-order valence-corrected chi connectivity index (χ0v) is 15.1. The molecule has 0 bridgehead atoms. The summed E-state index contributed by atoms with van der Waals surface area (Å²) in [6.07, 6.45) is -2.95. The number of alkyl halides is 3. The lowest BCUT2D eigenvalue weighted by molar-refractivity contribution is -0.184. The Morgan fingerprint density at radius 1 is 1.07 bits per heavy atom. The van der Waals surface area contributed by atoms with Crippen molar-refractivity contribution in [1.82, 2.24) is 10.2 Å². The first-order chi connectivity index (χ1) is 12.8. The summed E-state index contributed by atoms with van der Waals surface area (Å²) in [7, 11) is 0. The summed E-state index contributed by atoms with van der Waals surface area (Å²) in [6.45, 7) is 3.00. The molecule has 1 aliphatic carbocycles. The molecule has 1 N–H and O–H groups in total. The first kappa shape index (κ1) is 19.9. The lowest BCUT2D eigenvalue weighted by Gasteiger charge is -2.36. The smallest absolute Gasteiger partial charge is 0.369 e. The van der Waals surface area contributed by atoms with Crippen LogP contribution in [0.3, 0.4) is 0 Å². The van der Waals surface area contributed by atoms with Gasteiger partial charge in [0.25, 0.3) is 0 Å². The van der Waals surface area contributed by atoms with Crippen molar-refractivity contribution in [2.45, 2.75) is 37.9 Å². The molecule has 2 aliphatic rings. The van der Waals surface area contributed by atoms with Gasteiger partial charge < -0.3 is 10.2 Å². The van der Waals surface area contributed by atoms with Gasteiger partial charge >= 0.3 is 6.18 Å². The van der Waals surface area contributed by atoms with Gasteiger partial charge in [0.15, 0.2) is 0 Å². The summed E-state index contributed by atoms with van der Waals surface area (Å²) in [5.74, 6) is -1.79. The van der Waals surface area contributed by atoms with Gasteiger partial charge in [0.1, 0.15) is 5.82 Å².